The molecule has 1 aliphatic rings. The molecule has 3 atom stereocenters. The van der Waals surface area contributed by atoms with Gasteiger partial charge in [-0.15, -0.1) is 0 Å². The molecular formula is C15H21F2NO. The van der Waals surface area contributed by atoms with Crippen molar-refractivity contribution in [1.29, 1.82) is 0 Å². The second kappa shape index (κ2) is 5.97. The van der Waals surface area contributed by atoms with Gasteiger partial charge in [-0.25, -0.2) is 8.78 Å². The van der Waals surface area contributed by atoms with Gasteiger partial charge in [0.1, 0.15) is 0 Å². The summed E-state index contributed by atoms with van der Waals surface area (Å²) in [6.45, 7) is 6.77. The number of benzene rings is 1. The predicted octanol–water partition coefficient (Wildman–Crippen LogP) is 2.98. The van der Waals surface area contributed by atoms with Gasteiger partial charge in [0.15, 0.2) is 11.6 Å². The second-order valence-corrected chi connectivity index (χ2v) is 5.85. The van der Waals surface area contributed by atoms with Gasteiger partial charge in [-0.2, -0.15) is 0 Å². The molecule has 0 aromatic heterocycles. The zero-order valence-electron chi connectivity index (χ0n) is 11.4. The minimum atomic E-state index is -0.906. The third-order valence-corrected chi connectivity index (χ3v) is 3.70. The van der Waals surface area contributed by atoms with Crippen molar-refractivity contribution < 1.29 is 13.9 Å². The van der Waals surface area contributed by atoms with Crippen LogP contribution in [0.25, 0.3) is 0 Å². The molecule has 1 saturated heterocycles. The third kappa shape index (κ3) is 3.74. The van der Waals surface area contributed by atoms with Gasteiger partial charge in [0.2, 0.25) is 0 Å². The first-order chi connectivity index (χ1) is 8.95. The number of halogens is 2. The fourth-order valence-corrected chi connectivity index (χ4v) is 3.01. The minimum Gasteiger partial charge on any atom is -0.387 e. The van der Waals surface area contributed by atoms with Crippen molar-refractivity contribution >= 4 is 0 Å². The average Bonchev–Trinajstić information content (AvgIpc) is 2.31. The average molecular weight is 269 g/mol. The van der Waals surface area contributed by atoms with Crippen LogP contribution < -0.4 is 0 Å². The Balaban J connectivity index is 2.00. The molecule has 1 heterocycles. The van der Waals surface area contributed by atoms with E-state index in [2.05, 4.69) is 18.7 Å². The molecule has 1 aromatic rings. The van der Waals surface area contributed by atoms with Gasteiger partial charge in [0.25, 0.3) is 0 Å². The van der Waals surface area contributed by atoms with Gasteiger partial charge in [0, 0.05) is 19.6 Å². The fraction of sp³-hybridized carbons (Fsp3) is 0.600. The topological polar surface area (TPSA) is 23.5 Å². The standard InChI is InChI=1S/C15H21F2NO/c1-10-5-11(2)8-18(7-10)9-15(19)12-3-4-13(16)14(17)6-12/h3-4,6,10-11,15,19H,5,7-9H2,1-2H3. The molecule has 0 radical (unpaired) electrons. The highest BCUT2D eigenvalue weighted by Gasteiger charge is 2.24. The van der Waals surface area contributed by atoms with Crippen LogP contribution in [0.1, 0.15) is 31.9 Å². The molecule has 1 fully saturated rings. The van der Waals surface area contributed by atoms with Crippen LogP contribution in [0.4, 0.5) is 8.78 Å². The van der Waals surface area contributed by atoms with E-state index < -0.39 is 17.7 Å². The van der Waals surface area contributed by atoms with Crippen molar-refractivity contribution in [2.24, 2.45) is 11.8 Å². The van der Waals surface area contributed by atoms with E-state index in [0.717, 1.165) is 25.2 Å². The Hall–Kier alpha value is -1.00. The minimum absolute atomic E-state index is 0.435. The smallest absolute Gasteiger partial charge is 0.159 e. The quantitative estimate of drug-likeness (QED) is 0.912. The number of rotatable bonds is 3. The highest BCUT2D eigenvalue weighted by molar-refractivity contribution is 5.20. The van der Waals surface area contributed by atoms with Crippen molar-refractivity contribution in [2.75, 3.05) is 19.6 Å². The molecule has 0 amide bonds. The van der Waals surface area contributed by atoms with Crippen molar-refractivity contribution in [1.82, 2.24) is 4.90 Å². The summed E-state index contributed by atoms with van der Waals surface area (Å²) in [5, 5.41) is 10.1. The van der Waals surface area contributed by atoms with E-state index in [1.54, 1.807) is 0 Å². The van der Waals surface area contributed by atoms with E-state index in [1.807, 2.05) is 0 Å². The molecule has 1 aliphatic heterocycles. The molecule has 0 bridgehead atoms. The molecule has 106 valence electrons. The summed E-state index contributed by atoms with van der Waals surface area (Å²) < 4.78 is 26.0. The number of aliphatic hydroxyl groups excluding tert-OH is 1. The van der Waals surface area contributed by atoms with Gasteiger partial charge in [-0.3, -0.25) is 4.90 Å². The summed E-state index contributed by atoms with van der Waals surface area (Å²) in [5.41, 5.74) is 0.435. The Morgan fingerprint density at radius 1 is 1.21 bits per heavy atom. The number of β-amino-alcohol motifs (C(OH)–C–C–N with tert-alkyl or cyclic N) is 1. The summed E-state index contributed by atoms with van der Waals surface area (Å²) in [6.07, 6.45) is 0.435. The van der Waals surface area contributed by atoms with Crippen LogP contribution in [0.2, 0.25) is 0 Å². The number of aliphatic hydroxyl groups is 1. The van der Waals surface area contributed by atoms with Gasteiger partial charge >= 0.3 is 0 Å². The maximum atomic E-state index is 13.1. The lowest BCUT2D eigenvalue weighted by atomic mass is 9.91. The molecule has 4 heteroatoms. The van der Waals surface area contributed by atoms with Crippen LogP contribution in [-0.2, 0) is 0 Å². The lowest BCUT2D eigenvalue weighted by Crippen LogP contribution is -2.40. The monoisotopic (exact) mass is 269 g/mol. The zero-order chi connectivity index (χ0) is 14.0. The fourth-order valence-electron chi connectivity index (χ4n) is 3.01. The molecule has 1 aromatic carbocycles. The zero-order valence-corrected chi connectivity index (χ0v) is 11.4. The van der Waals surface area contributed by atoms with Crippen LogP contribution in [0.5, 0.6) is 0 Å². The van der Waals surface area contributed by atoms with Crippen molar-refractivity contribution in [3.05, 3.63) is 35.4 Å². The summed E-state index contributed by atoms with van der Waals surface area (Å²) in [5.74, 6) is -0.560. The Morgan fingerprint density at radius 2 is 1.84 bits per heavy atom. The van der Waals surface area contributed by atoms with Gasteiger partial charge in [-0.1, -0.05) is 19.9 Å². The lowest BCUT2D eigenvalue weighted by Gasteiger charge is -2.36. The van der Waals surface area contributed by atoms with Crippen molar-refractivity contribution in [2.45, 2.75) is 26.4 Å². The Labute approximate surface area is 113 Å². The van der Waals surface area contributed by atoms with E-state index in [9.17, 15) is 13.9 Å². The van der Waals surface area contributed by atoms with Crippen LogP contribution in [0.3, 0.4) is 0 Å². The summed E-state index contributed by atoms with van der Waals surface area (Å²) >= 11 is 0. The Kier molecular flexibility index (Phi) is 4.53. The first kappa shape index (κ1) is 14.4. The van der Waals surface area contributed by atoms with E-state index >= 15 is 0 Å². The number of nitrogens with zero attached hydrogens (tertiary/aromatic N) is 1. The van der Waals surface area contributed by atoms with E-state index in [1.165, 1.54) is 12.5 Å². The number of likely N-dealkylation sites (tertiary alicyclic amines) is 1. The molecular weight excluding hydrogens is 248 g/mol. The number of piperidine rings is 1. The first-order valence-electron chi connectivity index (χ1n) is 6.81. The predicted molar refractivity (Wildman–Crippen MR) is 70.7 cm³/mol. The summed E-state index contributed by atoms with van der Waals surface area (Å²) in [7, 11) is 0. The third-order valence-electron chi connectivity index (χ3n) is 3.70. The number of hydrogen-bond donors (Lipinski definition) is 1. The lowest BCUT2D eigenvalue weighted by molar-refractivity contribution is 0.0697. The van der Waals surface area contributed by atoms with E-state index in [-0.39, 0.29) is 0 Å². The maximum Gasteiger partial charge on any atom is 0.159 e. The SMILES string of the molecule is CC1CC(C)CN(CC(O)c2ccc(F)c(F)c2)C1. The van der Waals surface area contributed by atoms with Crippen LogP contribution in [0, 0.1) is 23.5 Å². The van der Waals surface area contributed by atoms with Crippen LogP contribution in [0.15, 0.2) is 18.2 Å². The molecule has 0 aliphatic carbocycles. The highest BCUT2D eigenvalue weighted by atomic mass is 19.2. The first-order valence-corrected chi connectivity index (χ1v) is 6.81. The molecule has 19 heavy (non-hydrogen) atoms. The normalized spacial score (nSPS) is 26.4. The van der Waals surface area contributed by atoms with Crippen molar-refractivity contribution in [3.63, 3.8) is 0 Å². The molecule has 0 spiro atoms. The molecule has 2 rings (SSSR count). The molecule has 3 unspecified atom stereocenters. The van der Waals surface area contributed by atoms with Crippen LogP contribution >= 0.6 is 0 Å². The van der Waals surface area contributed by atoms with Crippen LogP contribution in [-0.4, -0.2) is 29.6 Å². The van der Waals surface area contributed by atoms with E-state index in [0.29, 0.717) is 23.9 Å². The Morgan fingerprint density at radius 3 is 2.42 bits per heavy atom. The summed E-state index contributed by atoms with van der Waals surface area (Å²) in [4.78, 5) is 2.20. The highest BCUT2D eigenvalue weighted by Crippen LogP contribution is 2.24. The molecule has 0 saturated carbocycles. The maximum absolute atomic E-state index is 13.1. The second-order valence-electron chi connectivity index (χ2n) is 5.85. The molecule has 1 N–H and O–H groups in total. The summed E-state index contributed by atoms with van der Waals surface area (Å²) in [6, 6.07) is 3.59. The van der Waals surface area contributed by atoms with Gasteiger partial charge in [0.05, 0.1) is 6.10 Å². The molecule has 2 nitrogen and oxygen atoms in total. The van der Waals surface area contributed by atoms with Crippen molar-refractivity contribution in [3.8, 4) is 0 Å². The Bertz CT molecular complexity index is 428. The van der Waals surface area contributed by atoms with Gasteiger partial charge in [-0.05, 0) is 36.0 Å². The van der Waals surface area contributed by atoms with Gasteiger partial charge < -0.3 is 5.11 Å². The largest absolute Gasteiger partial charge is 0.387 e. The number of hydrogen-bond acceptors (Lipinski definition) is 2. The van der Waals surface area contributed by atoms with E-state index in [4.69, 9.17) is 0 Å².